The Morgan fingerprint density at radius 2 is 1.97 bits per heavy atom. The first kappa shape index (κ1) is 20.5. The normalized spacial score (nSPS) is 15.3. The molecular weight excluding hydrogens is 407 g/mol. The Morgan fingerprint density at radius 3 is 2.66 bits per heavy atom. The van der Waals surface area contributed by atoms with Gasteiger partial charge in [0.25, 0.3) is 11.8 Å². The number of anilines is 1. The quantitative estimate of drug-likeness (QED) is 0.640. The third-order valence-corrected chi connectivity index (χ3v) is 4.52. The van der Waals surface area contributed by atoms with Crippen LogP contribution in [0.5, 0.6) is 5.75 Å². The number of carbonyl (C=O) groups is 2. The van der Waals surface area contributed by atoms with Crippen LogP contribution in [0.4, 0.5) is 18.9 Å². The van der Waals surface area contributed by atoms with Crippen molar-refractivity contribution in [3.63, 3.8) is 0 Å². The molecule has 0 radical (unpaired) electrons. The van der Waals surface area contributed by atoms with Crippen molar-refractivity contribution in [1.29, 1.82) is 5.41 Å². The minimum Gasteiger partial charge on any atom is -0.484 e. The highest BCUT2D eigenvalue weighted by molar-refractivity contribution is 8.18. The number of hydrogen-bond acceptors (Lipinski definition) is 5. The maximum Gasteiger partial charge on any atom is 0.418 e. The number of carbonyl (C=O) groups excluding carboxylic acids is 2. The number of thioether (sulfide) groups is 1. The van der Waals surface area contributed by atoms with Crippen molar-refractivity contribution in [2.75, 3.05) is 11.9 Å². The maximum absolute atomic E-state index is 13.0. The van der Waals surface area contributed by atoms with Gasteiger partial charge in [-0.25, -0.2) is 0 Å². The van der Waals surface area contributed by atoms with Crippen LogP contribution in [-0.4, -0.2) is 23.6 Å². The number of para-hydroxylation sites is 1. The highest BCUT2D eigenvalue weighted by Gasteiger charge is 2.33. The molecule has 1 aliphatic rings. The summed E-state index contributed by atoms with van der Waals surface area (Å²) in [5.41, 5.74) is -0.684. The molecule has 0 aliphatic carbocycles. The summed E-state index contributed by atoms with van der Waals surface area (Å²) in [5, 5.41) is 12.0. The van der Waals surface area contributed by atoms with Gasteiger partial charge in [0.1, 0.15) is 5.75 Å². The number of rotatable bonds is 5. The van der Waals surface area contributed by atoms with E-state index < -0.39 is 24.3 Å². The predicted molar refractivity (Wildman–Crippen MR) is 103 cm³/mol. The number of nitrogens with one attached hydrogen (secondary N) is 3. The number of alkyl halides is 3. The van der Waals surface area contributed by atoms with E-state index in [-0.39, 0.29) is 16.8 Å². The minimum atomic E-state index is -4.59. The Morgan fingerprint density at radius 1 is 1.21 bits per heavy atom. The molecule has 0 bridgehead atoms. The third kappa shape index (κ3) is 5.38. The summed E-state index contributed by atoms with van der Waals surface area (Å²) in [7, 11) is 0. The Balaban J connectivity index is 1.64. The first-order chi connectivity index (χ1) is 13.7. The molecule has 2 aromatic rings. The van der Waals surface area contributed by atoms with Gasteiger partial charge >= 0.3 is 6.18 Å². The first-order valence-corrected chi connectivity index (χ1v) is 9.02. The first-order valence-electron chi connectivity index (χ1n) is 8.21. The number of hydrogen-bond donors (Lipinski definition) is 3. The fourth-order valence-electron chi connectivity index (χ4n) is 2.46. The molecule has 6 nitrogen and oxygen atoms in total. The highest BCUT2D eigenvalue weighted by Crippen LogP contribution is 2.34. The molecule has 1 saturated heterocycles. The number of benzene rings is 2. The number of amides is 2. The molecule has 1 aliphatic heterocycles. The fourth-order valence-corrected chi connectivity index (χ4v) is 3.16. The minimum absolute atomic E-state index is 0.0319. The Bertz CT molecular complexity index is 1010. The summed E-state index contributed by atoms with van der Waals surface area (Å²) in [6.45, 7) is -0.494. The van der Waals surface area contributed by atoms with E-state index in [0.717, 1.165) is 23.9 Å². The van der Waals surface area contributed by atoms with E-state index in [1.54, 1.807) is 30.3 Å². The van der Waals surface area contributed by atoms with E-state index in [1.807, 2.05) is 0 Å². The van der Waals surface area contributed by atoms with Gasteiger partial charge in [-0.05, 0) is 47.7 Å². The van der Waals surface area contributed by atoms with E-state index >= 15 is 0 Å². The van der Waals surface area contributed by atoms with Gasteiger partial charge in [-0.15, -0.1) is 0 Å². The zero-order chi connectivity index (χ0) is 21.0. The van der Waals surface area contributed by atoms with Crippen LogP contribution >= 0.6 is 11.8 Å². The predicted octanol–water partition coefficient (Wildman–Crippen LogP) is 3.86. The van der Waals surface area contributed by atoms with E-state index in [2.05, 4.69) is 10.6 Å². The molecule has 1 heterocycles. The zero-order valence-electron chi connectivity index (χ0n) is 14.7. The lowest BCUT2D eigenvalue weighted by molar-refractivity contribution is -0.137. The second kappa shape index (κ2) is 8.39. The van der Waals surface area contributed by atoms with Crippen LogP contribution in [0.1, 0.15) is 11.1 Å². The van der Waals surface area contributed by atoms with Crippen LogP contribution in [0.25, 0.3) is 6.08 Å². The average Bonchev–Trinajstić information content (AvgIpc) is 2.97. The SMILES string of the molecule is N=C1NC(=O)/C(=C/c2cccc(OCC(=O)Nc3ccccc3C(F)(F)F)c2)S1. The molecule has 0 spiro atoms. The number of ether oxygens (including phenoxy) is 1. The van der Waals surface area contributed by atoms with Crippen LogP contribution in [0.3, 0.4) is 0 Å². The van der Waals surface area contributed by atoms with Gasteiger partial charge in [0.2, 0.25) is 0 Å². The lowest BCUT2D eigenvalue weighted by Gasteiger charge is -2.14. The molecule has 29 heavy (non-hydrogen) atoms. The van der Waals surface area contributed by atoms with Crippen molar-refractivity contribution in [2.45, 2.75) is 6.18 Å². The molecule has 2 aromatic carbocycles. The summed E-state index contributed by atoms with van der Waals surface area (Å²) >= 11 is 0.984. The lowest BCUT2D eigenvalue weighted by atomic mass is 10.1. The van der Waals surface area contributed by atoms with Crippen LogP contribution in [-0.2, 0) is 15.8 Å². The third-order valence-electron chi connectivity index (χ3n) is 3.70. The maximum atomic E-state index is 13.0. The summed E-state index contributed by atoms with van der Waals surface area (Å²) in [5.74, 6) is -0.823. The van der Waals surface area contributed by atoms with Crippen molar-refractivity contribution < 1.29 is 27.5 Å². The van der Waals surface area contributed by atoms with Crippen LogP contribution in [0.2, 0.25) is 0 Å². The van der Waals surface area contributed by atoms with Gasteiger partial charge in [0.05, 0.1) is 16.2 Å². The van der Waals surface area contributed by atoms with Crippen molar-refractivity contribution in [3.05, 3.63) is 64.6 Å². The molecule has 0 atom stereocenters. The molecule has 3 N–H and O–H groups in total. The number of halogens is 3. The second-order valence-electron chi connectivity index (χ2n) is 5.85. The molecule has 1 fully saturated rings. The summed E-state index contributed by atoms with van der Waals surface area (Å²) in [4.78, 5) is 24.0. The lowest BCUT2D eigenvalue weighted by Crippen LogP contribution is -2.22. The van der Waals surface area contributed by atoms with Crippen molar-refractivity contribution >= 4 is 40.5 Å². The van der Waals surface area contributed by atoms with Gasteiger partial charge in [-0.3, -0.25) is 15.0 Å². The van der Waals surface area contributed by atoms with E-state index in [4.69, 9.17) is 10.1 Å². The molecule has 150 valence electrons. The molecule has 0 aromatic heterocycles. The van der Waals surface area contributed by atoms with Crippen LogP contribution < -0.4 is 15.4 Å². The van der Waals surface area contributed by atoms with Crippen LogP contribution in [0, 0.1) is 5.41 Å². The van der Waals surface area contributed by atoms with Crippen molar-refractivity contribution in [3.8, 4) is 5.75 Å². The molecule has 2 amide bonds. The summed E-state index contributed by atoms with van der Waals surface area (Å²) < 4.78 is 44.3. The van der Waals surface area contributed by atoms with Gasteiger partial charge in [-0.2, -0.15) is 13.2 Å². The summed E-state index contributed by atoms with van der Waals surface area (Å²) in [6, 6.07) is 11.2. The monoisotopic (exact) mass is 421 g/mol. The Kier molecular flexibility index (Phi) is 5.92. The fraction of sp³-hybridized carbons (Fsp3) is 0.105. The van der Waals surface area contributed by atoms with E-state index in [0.29, 0.717) is 16.2 Å². The van der Waals surface area contributed by atoms with Crippen molar-refractivity contribution in [2.24, 2.45) is 0 Å². The summed E-state index contributed by atoms with van der Waals surface area (Å²) in [6.07, 6.45) is -3.03. The van der Waals surface area contributed by atoms with E-state index in [9.17, 15) is 22.8 Å². The van der Waals surface area contributed by atoms with Gasteiger partial charge in [0.15, 0.2) is 11.8 Å². The van der Waals surface area contributed by atoms with Crippen molar-refractivity contribution in [1.82, 2.24) is 5.32 Å². The average molecular weight is 421 g/mol. The second-order valence-corrected chi connectivity index (χ2v) is 6.90. The molecule has 0 saturated carbocycles. The smallest absolute Gasteiger partial charge is 0.418 e. The molecule has 10 heteroatoms. The largest absolute Gasteiger partial charge is 0.484 e. The molecule has 0 unspecified atom stereocenters. The number of amidine groups is 1. The van der Waals surface area contributed by atoms with E-state index in [1.165, 1.54) is 12.1 Å². The van der Waals surface area contributed by atoms with Gasteiger partial charge < -0.3 is 15.4 Å². The topological polar surface area (TPSA) is 91.3 Å². The molecular formula is C19H14F3N3O3S. The van der Waals surface area contributed by atoms with Gasteiger partial charge in [0, 0.05) is 0 Å². The van der Waals surface area contributed by atoms with Crippen LogP contribution in [0.15, 0.2) is 53.4 Å². The Hall–Kier alpha value is -3.27. The Labute approximate surface area is 167 Å². The van der Waals surface area contributed by atoms with Gasteiger partial charge in [-0.1, -0.05) is 24.3 Å². The standard InChI is InChI=1S/C19H14F3N3O3S/c20-19(21,22)13-6-1-2-7-14(13)24-16(26)10-28-12-5-3-4-11(8-12)9-15-17(27)25-18(23)29-15/h1-9H,10H2,(H,24,26)(H2,23,25,27)/b15-9-. The zero-order valence-corrected chi connectivity index (χ0v) is 15.5. The highest BCUT2D eigenvalue weighted by atomic mass is 32.2. The molecule has 3 rings (SSSR count).